The van der Waals surface area contributed by atoms with E-state index in [1.165, 1.54) is 11.3 Å². The monoisotopic (exact) mass is 822 g/mol. The number of carbonyl (C=O) groups is 1. The van der Waals surface area contributed by atoms with E-state index in [1.54, 1.807) is 23.3 Å². The molecule has 2 heterocycles. The van der Waals surface area contributed by atoms with E-state index in [9.17, 15) is 9.59 Å². The zero-order chi connectivity index (χ0) is 32.2. The number of esters is 1. The van der Waals surface area contributed by atoms with Gasteiger partial charge in [-0.05, 0) is 77.2 Å². The molecule has 46 heavy (non-hydrogen) atoms. The third kappa shape index (κ3) is 6.80. The van der Waals surface area contributed by atoms with E-state index < -0.39 is 12.0 Å². The largest absolute Gasteiger partial charge is 0.487 e. The van der Waals surface area contributed by atoms with Gasteiger partial charge in [-0.3, -0.25) is 9.36 Å². The van der Waals surface area contributed by atoms with Gasteiger partial charge in [0.1, 0.15) is 12.4 Å². The fraction of sp³-hybridized carbons (Fsp3) is 0.139. The maximum absolute atomic E-state index is 14.4. The second kappa shape index (κ2) is 14.5. The molecule has 0 amide bonds. The highest BCUT2D eigenvalue weighted by Gasteiger charge is 2.35. The third-order valence-corrected chi connectivity index (χ3v) is 10.3. The van der Waals surface area contributed by atoms with Crippen LogP contribution in [-0.2, 0) is 16.1 Å². The number of thioether (sulfide) groups is 1. The number of rotatable bonds is 9. The van der Waals surface area contributed by atoms with E-state index >= 15 is 0 Å². The van der Waals surface area contributed by atoms with Crippen LogP contribution in [0.1, 0.15) is 35.2 Å². The first kappa shape index (κ1) is 32.5. The first-order chi connectivity index (χ1) is 22.4. The van der Waals surface area contributed by atoms with Gasteiger partial charge in [-0.2, -0.15) is 0 Å². The highest BCUT2D eigenvalue weighted by molar-refractivity contribution is 14.1. The van der Waals surface area contributed by atoms with Crippen molar-refractivity contribution < 1.29 is 14.3 Å². The summed E-state index contributed by atoms with van der Waals surface area (Å²) >= 11 is 8.78. The van der Waals surface area contributed by atoms with Gasteiger partial charge in [-0.1, -0.05) is 100 Å². The molecule has 0 spiro atoms. The van der Waals surface area contributed by atoms with Crippen molar-refractivity contribution in [1.29, 1.82) is 0 Å². The van der Waals surface area contributed by atoms with Gasteiger partial charge in [0.25, 0.3) is 5.56 Å². The molecule has 0 saturated heterocycles. The number of fused-ring (bicyclic) bond motifs is 1. The Hall–Kier alpha value is -3.45. The average Bonchev–Trinajstić information content (AvgIpc) is 3.38. The van der Waals surface area contributed by atoms with Crippen LogP contribution < -0.4 is 19.6 Å². The summed E-state index contributed by atoms with van der Waals surface area (Å²) in [5, 5.41) is 0. The molecule has 0 unspecified atom stereocenters. The summed E-state index contributed by atoms with van der Waals surface area (Å²) in [5.74, 6) is 0.177. The van der Waals surface area contributed by atoms with Crippen LogP contribution in [0.3, 0.4) is 0 Å². The van der Waals surface area contributed by atoms with E-state index in [4.69, 9.17) is 14.5 Å². The van der Waals surface area contributed by atoms with Gasteiger partial charge in [-0.25, -0.2) is 9.79 Å². The van der Waals surface area contributed by atoms with Crippen molar-refractivity contribution >= 4 is 79.4 Å². The number of thiazole rings is 1. The van der Waals surface area contributed by atoms with Crippen LogP contribution in [0, 0.1) is 3.57 Å². The Labute approximate surface area is 296 Å². The summed E-state index contributed by atoms with van der Waals surface area (Å²) in [4.78, 5) is 34.7. The number of halogens is 2. The molecule has 1 aliphatic rings. The van der Waals surface area contributed by atoms with E-state index in [-0.39, 0.29) is 12.2 Å². The van der Waals surface area contributed by atoms with Crippen LogP contribution in [0.25, 0.3) is 11.8 Å². The number of carbonyl (C=O) groups excluding carboxylic acids is 1. The van der Waals surface area contributed by atoms with Gasteiger partial charge < -0.3 is 9.47 Å². The van der Waals surface area contributed by atoms with Crippen LogP contribution >= 0.6 is 61.6 Å². The number of hydrogen-bond acceptors (Lipinski definition) is 7. The van der Waals surface area contributed by atoms with Crippen molar-refractivity contribution in [2.45, 2.75) is 24.5 Å². The molecular formula is C36H28BrIN2O4S2. The highest BCUT2D eigenvalue weighted by atomic mass is 127. The standard InChI is InChI=1S/C36H28BrIN2O4S2/c1-3-43-35(42)30-31(23-12-8-5-9-13-23)39-36-40(32(30)24-14-16-27(45-2)17-15-24)34(41)29(46-36)19-25-18-26(37)20-28(38)33(25)44-21-22-10-6-4-7-11-22/h4-20,32H,3,21H2,1-2H3/b29-19-/t32-/m0/s1. The van der Waals surface area contributed by atoms with Crippen molar-refractivity contribution in [3.63, 3.8) is 0 Å². The van der Waals surface area contributed by atoms with Crippen LogP contribution in [0.5, 0.6) is 5.75 Å². The van der Waals surface area contributed by atoms with Gasteiger partial charge in [-0.15, -0.1) is 11.8 Å². The zero-order valence-electron chi connectivity index (χ0n) is 24.9. The summed E-state index contributed by atoms with van der Waals surface area (Å²) in [6, 6.07) is 30.6. The highest BCUT2D eigenvalue weighted by Crippen LogP contribution is 2.36. The summed E-state index contributed by atoms with van der Waals surface area (Å²) in [5.41, 5.74) is 3.93. The Morgan fingerprint density at radius 2 is 1.74 bits per heavy atom. The average molecular weight is 824 g/mol. The maximum atomic E-state index is 14.4. The lowest BCUT2D eigenvalue weighted by Crippen LogP contribution is -2.40. The molecular weight excluding hydrogens is 795 g/mol. The minimum atomic E-state index is -0.736. The second-order valence-electron chi connectivity index (χ2n) is 10.3. The van der Waals surface area contributed by atoms with E-state index in [1.807, 2.05) is 109 Å². The summed E-state index contributed by atoms with van der Waals surface area (Å²) in [6.45, 7) is 2.35. The summed E-state index contributed by atoms with van der Waals surface area (Å²) < 4.78 is 15.8. The molecule has 6 rings (SSSR count). The molecule has 0 N–H and O–H groups in total. The van der Waals surface area contributed by atoms with Crippen LogP contribution in [-0.4, -0.2) is 23.4 Å². The number of ether oxygens (including phenoxy) is 2. The number of nitrogens with zero attached hydrogens (tertiary/aromatic N) is 2. The lowest BCUT2D eigenvalue weighted by Gasteiger charge is -2.26. The predicted octanol–water partition coefficient (Wildman–Crippen LogP) is 7.60. The van der Waals surface area contributed by atoms with Crippen molar-refractivity contribution in [3.05, 3.63) is 153 Å². The quantitative estimate of drug-likeness (QED) is 0.0871. The Morgan fingerprint density at radius 3 is 2.41 bits per heavy atom. The molecule has 0 aliphatic carbocycles. The number of benzene rings is 4. The van der Waals surface area contributed by atoms with Crippen LogP contribution in [0.15, 0.2) is 122 Å². The van der Waals surface area contributed by atoms with Crippen molar-refractivity contribution in [1.82, 2.24) is 4.57 Å². The normalized spacial score (nSPS) is 14.5. The Bertz CT molecular complexity index is 2110. The molecule has 4 aromatic carbocycles. The first-order valence-corrected chi connectivity index (χ1v) is 18.4. The van der Waals surface area contributed by atoms with Crippen LogP contribution in [0.2, 0.25) is 0 Å². The maximum Gasteiger partial charge on any atom is 0.338 e. The molecule has 1 atom stereocenters. The SMILES string of the molecule is CCOC(=O)C1=C(c2ccccc2)N=c2s/c(=C\c3cc(Br)cc(I)c3OCc3ccccc3)c(=O)n2[C@H]1c1ccc(SC)cc1. The molecule has 0 bridgehead atoms. The van der Waals surface area contributed by atoms with Gasteiger partial charge >= 0.3 is 5.97 Å². The summed E-state index contributed by atoms with van der Waals surface area (Å²) in [6.07, 6.45) is 3.86. The Kier molecular flexibility index (Phi) is 10.3. The predicted molar refractivity (Wildman–Crippen MR) is 197 cm³/mol. The van der Waals surface area contributed by atoms with Gasteiger partial charge in [0, 0.05) is 20.5 Å². The number of hydrogen-bond donors (Lipinski definition) is 0. The first-order valence-electron chi connectivity index (χ1n) is 14.5. The van der Waals surface area contributed by atoms with Crippen molar-refractivity contribution in [2.24, 2.45) is 4.99 Å². The fourth-order valence-electron chi connectivity index (χ4n) is 5.25. The van der Waals surface area contributed by atoms with E-state index in [0.717, 1.165) is 35.2 Å². The minimum Gasteiger partial charge on any atom is -0.487 e. The molecule has 0 radical (unpaired) electrons. The lowest BCUT2D eigenvalue weighted by atomic mass is 9.93. The number of aromatic nitrogens is 1. The Morgan fingerprint density at radius 1 is 1.04 bits per heavy atom. The molecule has 1 aliphatic heterocycles. The van der Waals surface area contributed by atoms with Gasteiger partial charge in [0.15, 0.2) is 4.80 Å². The van der Waals surface area contributed by atoms with E-state index in [2.05, 4.69) is 38.5 Å². The fourth-order valence-corrected chi connectivity index (χ4v) is 8.36. The van der Waals surface area contributed by atoms with Crippen molar-refractivity contribution in [3.8, 4) is 5.75 Å². The van der Waals surface area contributed by atoms with Crippen molar-refractivity contribution in [2.75, 3.05) is 12.9 Å². The molecule has 0 saturated carbocycles. The topological polar surface area (TPSA) is 69.9 Å². The molecule has 5 aromatic rings. The van der Waals surface area contributed by atoms with Gasteiger partial charge in [0.05, 0.1) is 32.0 Å². The van der Waals surface area contributed by atoms with Gasteiger partial charge in [0.2, 0.25) is 0 Å². The molecule has 232 valence electrons. The molecule has 6 nitrogen and oxygen atoms in total. The smallest absolute Gasteiger partial charge is 0.338 e. The molecule has 1 aromatic heterocycles. The lowest BCUT2D eigenvalue weighted by molar-refractivity contribution is -0.138. The van der Waals surface area contributed by atoms with Crippen LogP contribution in [0.4, 0.5) is 0 Å². The minimum absolute atomic E-state index is 0.195. The Balaban J connectivity index is 1.57. The third-order valence-electron chi connectivity index (χ3n) is 7.35. The van der Waals surface area contributed by atoms with E-state index in [0.29, 0.717) is 33.0 Å². The summed E-state index contributed by atoms with van der Waals surface area (Å²) in [7, 11) is 0. The molecule has 10 heteroatoms. The molecule has 0 fully saturated rings. The zero-order valence-corrected chi connectivity index (χ0v) is 30.3. The second-order valence-corrected chi connectivity index (χ2v) is 14.3.